The minimum atomic E-state index is 0.256. The van der Waals surface area contributed by atoms with Gasteiger partial charge in [0.15, 0.2) is 0 Å². The summed E-state index contributed by atoms with van der Waals surface area (Å²) >= 11 is 5.99. The van der Waals surface area contributed by atoms with Crippen molar-refractivity contribution in [3.63, 3.8) is 0 Å². The highest BCUT2D eigenvalue weighted by Crippen LogP contribution is 2.17. The van der Waals surface area contributed by atoms with E-state index in [9.17, 15) is 0 Å². The van der Waals surface area contributed by atoms with Gasteiger partial charge in [-0.2, -0.15) is 5.10 Å². The summed E-state index contributed by atoms with van der Waals surface area (Å²) in [6, 6.07) is 4.26. The number of aromatic nitrogens is 3. The van der Waals surface area contributed by atoms with Crippen LogP contribution in [0.3, 0.4) is 0 Å². The zero-order chi connectivity index (χ0) is 13.1. The molecule has 0 saturated heterocycles. The van der Waals surface area contributed by atoms with E-state index in [4.69, 9.17) is 11.6 Å². The van der Waals surface area contributed by atoms with Crippen molar-refractivity contribution in [1.82, 2.24) is 20.1 Å². The minimum absolute atomic E-state index is 0.256. The first kappa shape index (κ1) is 13.1. The van der Waals surface area contributed by atoms with Gasteiger partial charge in [0.25, 0.3) is 0 Å². The van der Waals surface area contributed by atoms with Crippen LogP contribution in [-0.4, -0.2) is 21.3 Å². The largest absolute Gasteiger partial charge is 0.309 e. The lowest BCUT2D eigenvalue weighted by Gasteiger charge is -2.11. The Bertz CT molecular complexity index is 499. The van der Waals surface area contributed by atoms with E-state index in [1.165, 1.54) is 0 Å². The molecule has 0 spiro atoms. The van der Waals surface area contributed by atoms with Crippen LogP contribution in [0.2, 0.25) is 5.02 Å². The average Bonchev–Trinajstić information content (AvgIpc) is 2.70. The molecule has 0 bridgehead atoms. The molecule has 1 N–H and O–H groups in total. The Morgan fingerprint density at radius 1 is 1.44 bits per heavy atom. The summed E-state index contributed by atoms with van der Waals surface area (Å²) in [5.74, 6) is 0. The molecule has 2 aromatic rings. The van der Waals surface area contributed by atoms with Gasteiger partial charge in [-0.3, -0.25) is 4.98 Å². The molecule has 4 nitrogen and oxygen atoms in total. The maximum absolute atomic E-state index is 5.99. The summed E-state index contributed by atoms with van der Waals surface area (Å²) in [6.45, 7) is 6.99. The molecule has 0 aromatic carbocycles. The topological polar surface area (TPSA) is 42.7 Å². The van der Waals surface area contributed by atoms with Gasteiger partial charge >= 0.3 is 0 Å². The van der Waals surface area contributed by atoms with E-state index in [0.29, 0.717) is 5.02 Å². The minimum Gasteiger partial charge on any atom is -0.309 e. The second-order valence-electron chi connectivity index (χ2n) is 4.23. The highest BCUT2D eigenvalue weighted by molar-refractivity contribution is 6.31. The van der Waals surface area contributed by atoms with E-state index in [1.807, 2.05) is 25.3 Å². The highest BCUT2D eigenvalue weighted by atomic mass is 35.5. The van der Waals surface area contributed by atoms with Gasteiger partial charge in [0.2, 0.25) is 0 Å². The van der Waals surface area contributed by atoms with Crippen molar-refractivity contribution < 1.29 is 0 Å². The first-order chi connectivity index (χ1) is 8.61. The van der Waals surface area contributed by atoms with Gasteiger partial charge in [-0.05, 0) is 32.5 Å². The maximum Gasteiger partial charge on any atom is 0.0829 e. The number of rotatable bonds is 4. The van der Waals surface area contributed by atoms with Crippen molar-refractivity contribution in [1.29, 1.82) is 0 Å². The summed E-state index contributed by atoms with van der Waals surface area (Å²) in [5.41, 5.74) is 2.76. The molecule has 0 amide bonds. The fourth-order valence-corrected chi connectivity index (χ4v) is 1.90. The van der Waals surface area contributed by atoms with Gasteiger partial charge in [-0.1, -0.05) is 18.5 Å². The second kappa shape index (κ2) is 5.50. The van der Waals surface area contributed by atoms with Crippen molar-refractivity contribution in [2.24, 2.45) is 0 Å². The lowest BCUT2D eigenvalue weighted by atomic mass is 10.2. The Labute approximate surface area is 112 Å². The third kappa shape index (κ3) is 2.71. The molecule has 0 fully saturated rings. The molecule has 1 unspecified atom stereocenters. The van der Waals surface area contributed by atoms with E-state index < -0.39 is 0 Å². The van der Waals surface area contributed by atoms with Crippen LogP contribution in [0.15, 0.2) is 24.5 Å². The molecular weight excluding hydrogens is 248 g/mol. The SMILES string of the molecule is CCNC(C)c1ccc(-n2cc(Cl)c(C)n2)cn1. The Morgan fingerprint density at radius 3 is 2.72 bits per heavy atom. The van der Waals surface area contributed by atoms with Gasteiger partial charge < -0.3 is 5.32 Å². The lowest BCUT2D eigenvalue weighted by Crippen LogP contribution is -2.18. The van der Waals surface area contributed by atoms with Crippen LogP contribution in [0.4, 0.5) is 0 Å². The van der Waals surface area contributed by atoms with Crippen LogP contribution in [0.5, 0.6) is 0 Å². The fraction of sp³-hybridized carbons (Fsp3) is 0.385. The van der Waals surface area contributed by atoms with Crippen LogP contribution >= 0.6 is 11.6 Å². The molecule has 2 rings (SSSR count). The van der Waals surface area contributed by atoms with Gasteiger partial charge in [-0.15, -0.1) is 0 Å². The number of nitrogens with one attached hydrogen (secondary N) is 1. The van der Waals surface area contributed by atoms with Crippen molar-refractivity contribution in [2.45, 2.75) is 26.8 Å². The number of halogens is 1. The van der Waals surface area contributed by atoms with E-state index >= 15 is 0 Å². The van der Waals surface area contributed by atoms with Gasteiger partial charge in [0.1, 0.15) is 0 Å². The highest BCUT2D eigenvalue weighted by Gasteiger charge is 2.07. The predicted molar refractivity (Wildman–Crippen MR) is 73.2 cm³/mol. The van der Waals surface area contributed by atoms with E-state index in [0.717, 1.165) is 23.6 Å². The monoisotopic (exact) mass is 264 g/mol. The number of hydrogen-bond acceptors (Lipinski definition) is 3. The van der Waals surface area contributed by atoms with Crippen LogP contribution in [0.1, 0.15) is 31.3 Å². The van der Waals surface area contributed by atoms with Crippen molar-refractivity contribution in [3.8, 4) is 5.69 Å². The molecule has 0 saturated carbocycles. The molecule has 5 heteroatoms. The molecule has 18 heavy (non-hydrogen) atoms. The lowest BCUT2D eigenvalue weighted by molar-refractivity contribution is 0.583. The smallest absolute Gasteiger partial charge is 0.0829 e. The summed E-state index contributed by atoms with van der Waals surface area (Å²) in [6.07, 6.45) is 3.60. The first-order valence-corrected chi connectivity index (χ1v) is 6.41. The molecule has 0 radical (unpaired) electrons. The summed E-state index contributed by atoms with van der Waals surface area (Å²) in [4.78, 5) is 4.45. The zero-order valence-electron chi connectivity index (χ0n) is 10.8. The summed E-state index contributed by atoms with van der Waals surface area (Å²) in [7, 11) is 0. The van der Waals surface area contributed by atoms with E-state index in [-0.39, 0.29) is 6.04 Å². The quantitative estimate of drug-likeness (QED) is 0.923. The third-order valence-electron chi connectivity index (χ3n) is 2.83. The molecule has 2 heterocycles. The third-order valence-corrected chi connectivity index (χ3v) is 3.20. The van der Waals surface area contributed by atoms with Crippen LogP contribution in [0, 0.1) is 6.92 Å². The molecule has 1 atom stereocenters. The predicted octanol–water partition coefficient (Wildman–Crippen LogP) is 2.90. The number of aryl methyl sites for hydroxylation is 1. The molecular formula is C13H17ClN4. The molecule has 2 aromatic heterocycles. The van der Waals surface area contributed by atoms with Gasteiger partial charge in [0, 0.05) is 12.2 Å². The van der Waals surface area contributed by atoms with E-state index in [2.05, 4.69) is 29.2 Å². The van der Waals surface area contributed by atoms with Crippen molar-refractivity contribution in [2.75, 3.05) is 6.54 Å². The molecule has 0 aliphatic carbocycles. The zero-order valence-corrected chi connectivity index (χ0v) is 11.6. The Hall–Kier alpha value is -1.39. The summed E-state index contributed by atoms with van der Waals surface area (Å²) in [5, 5.41) is 8.32. The number of hydrogen-bond donors (Lipinski definition) is 1. The first-order valence-electron chi connectivity index (χ1n) is 6.03. The Balaban J connectivity index is 2.22. The number of nitrogens with zero attached hydrogens (tertiary/aromatic N) is 3. The van der Waals surface area contributed by atoms with Gasteiger partial charge in [0.05, 0.1) is 28.3 Å². The van der Waals surface area contributed by atoms with Crippen LogP contribution < -0.4 is 5.32 Å². The summed E-state index contributed by atoms with van der Waals surface area (Å²) < 4.78 is 1.74. The van der Waals surface area contributed by atoms with Crippen LogP contribution in [-0.2, 0) is 0 Å². The number of pyridine rings is 1. The molecule has 96 valence electrons. The van der Waals surface area contributed by atoms with Crippen molar-refractivity contribution in [3.05, 3.63) is 40.9 Å². The average molecular weight is 265 g/mol. The molecule has 0 aliphatic rings. The maximum atomic E-state index is 5.99. The molecule has 0 aliphatic heterocycles. The van der Waals surface area contributed by atoms with Crippen molar-refractivity contribution >= 4 is 11.6 Å². The van der Waals surface area contributed by atoms with Gasteiger partial charge in [-0.25, -0.2) is 4.68 Å². The Morgan fingerprint density at radius 2 is 2.22 bits per heavy atom. The normalized spacial score (nSPS) is 12.7. The fourth-order valence-electron chi connectivity index (χ4n) is 1.77. The van der Waals surface area contributed by atoms with Crippen LogP contribution in [0.25, 0.3) is 5.69 Å². The Kier molecular flexibility index (Phi) is 3.99. The van der Waals surface area contributed by atoms with E-state index in [1.54, 1.807) is 10.9 Å². The standard InChI is InChI=1S/C13H17ClN4/c1-4-15-10(3)13-6-5-11(7-16-13)18-8-12(14)9(2)17-18/h5-8,10,15H,4H2,1-3H3. The second-order valence-corrected chi connectivity index (χ2v) is 4.63.